The van der Waals surface area contributed by atoms with Gasteiger partial charge in [0, 0.05) is 18.2 Å². The maximum Gasteiger partial charge on any atom is 0.127 e. The Morgan fingerprint density at radius 2 is 1.95 bits per heavy atom. The summed E-state index contributed by atoms with van der Waals surface area (Å²) in [4.78, 5) is 2.04. The van der Waals surface area contributed by atoms with Crippen molar-refractivity contribution in [2.45, 2.75) is 44.8 Å². The minimum atomic E-state index is -0.290. The third-order valence-electron chi connectivity index (χ3n) is 4.44. The van der Waals surface area contributed by atoms with Crippen molar-refractivity contribution >= 4 is 0 Å². The highest BCUT2D eigenvalue weighted by molar-refractivity contribution is 5.20. The number of likely N-dealkylation sites (N-methyl/N-ethyl adjacent to an activating group) is 1. The molecular weight excluding hydrogens is 241 g/mol. The topological polar surface area (TPSA) is 23.5 Å². The van der Waals surface area contributed by atoms with E-state index in [1.165, 1.54) is 18.9 Å². The first-order valence-corrected chi connectivity index (χ1v) is 7.22. The lowest BCUT2D eigenvalue weighted by atomic mass is 9.99. The first kappa shape index (κ1) is 14.5. The van der Waals surface area contributed by atoms with Crippen LogP contribution in [0.1, 0.15) is 44.2 Å². The van der Waals surface area contributed by atoms with E-state index in [0.717, 1.165) is 12.8 Å². The minimum Gasteiger partial charge on any atom is -0.392 e. The number of nitrogens with zero attached hydrogens (tertiary/aromatic N) is 1. The average molecular weight is 265 g/mol. The molecule has 0 amide bonds. The number of hydrogen-bond acceptors (Lipinski definition) is 2. The lowest BCUT2D eigenvalue weighted by Gasteiger charge is -2.29. The standard InChI is InChI=1S/C16H24FNO/c1-12(14-9-5-6-10-15(14)17)18(2)11-16(19)13-7-3-4-8-13/h5-6,9-10,12-13,16,19H,3-4,7-8,11H2,1-2H3. The third kappa shape index (κ3) is 3.54. The highest BCUT2D eigenvalue weighted by Gasteiger charge is 2.26. The van der Waals surface area contributed by atoms with Gasteiger partial charge < -0.3 is 5.11 Å². The Labute approximate surface area is 115 Å². The van der Waals surface area contributed by atoms with Crippen LogP contribution in [-0.4, -0.2) is 29.7 Å². The normalized spacial score (nSPS) is 19.8. The molecule has 0 bridgehead atoms. The summed E-state index contributed by atoms with van der Waals surface area (Å²) >= 11 is 0. The fraction of sp³-hybridized carbons (Fsp3) is 0.625. The molecule has 1 aliphatic carbocycles. The molecule has 1 aromatic rings. The van der Waals surface area contributed by atoms with Gasteiger partial charge in [0.05, 0.1) is 6.10 Å². The molecule has 3 heteroatoms. The Kier molecular flexibility index (Phi) is 4.94. The van der Waals surface area contributed by atoms with Crippen LogP contribution in [0.5, 0.6) is 0 Å². The van der Waals surface area contributed by atoms with Gasteiger partial charge in [0.2, 0.25) is 0 Å². The number of hydrogen-bond donors (Lipinski definition) is 1. The molecule has 1 aromatic carbocycles. The van der Waals surface area contributed by atoms with Gasteiger partial charge in [0.15, 0.2) is 0 Å². The van der Waals surface area contributed by atoms with Crippen molar-refractivity contribution in [3.8, 4) is 0 Å². The Morgan fingerprint density at radius 1 is 1.32 bits per heavy atom. The molecule has 0 saturated heterocycles. The van der Waals surface area contributed by atoms with Gasteiger partial charge in [-0.3, -0.25) is 4.90 Å². The fourth-order valence-corrected chi connectivity index (χ4v) is 3.00. The lowest BCUT2D eigenvalue weighted by Crippen LogP contribution is -2.35. The molecule has 106 valence electrons. The summed E-state index contributed by atoms with van der Waals surface area (Å²) in [7, 11) is 1.95. The molecule has 0 aromatic heterocycles. The van der Waals surface area contributed by atoms with Crippen molar-refractivity contribution < 1.29 is 9.50 Å². The molecule has 0 radical (unpaired) electrons. The fourth-order valence-electron chi connectivity index (χ4n) is 3.00. The zero-order valence-corrected chi connectivity index (χ0v) is 11.8. The molecule has 1 fully saturated rings. The van der Waals surface area contributed by atoms with Crippen molar-refractivity contribution in [1.29, 1.82) is 0 Å². The summed E-state index contributed by atoms with van der Waals surface area (Å²) in [6, 6.07) is 6.86. The van der Waals surface area contributed by atoms with Crippen molar-refractivity contribution in [3.63, 3.8) is 0 Å². The smallest absolute Gasteiger partial charge is 0.127 e. The molecule has 0 aliphatic heterocycles. The van der Waals surface area contributed by atoms with E-state index in [0.29, 0.717) is 18.0 Å². The summed E-state index contributed by atoms with van der Waals surface area (Å²) in [6.07, 6.45) is 4.43. The molecule has 1 N–H and O–H groups in total. The molecule has 1 saturated carbocycles. The predicted octanol–water partition coefficient (Wildman–Crippen LogP) is 3.37. The zero-order valence-electron chi connectivity index (χ0n) is 11.8. The van der Waals surface area contributed by atoms with Crippen LogP contribution in [-0.2, 0) is 0 Å². The second kappa shape index (κ2) is 6.49. The van der Waals surface area contributed by atoms with E-state index in [9.17, 15) is 9.50 Å². The van der Waals surface area contributed by atoms with Gasteiger partial charge >= 0.3 is 0 Å². The number of rotatable bonds is 5. The van der Waals surface area contributed by atoms with E-state index in [4.69, 9.17) is 0 Å². The van der Waals surface area contributed by atoms with Gasteiger partial charge in [-0.1, -0.05) is 31.0 Å². The number of aliphatic hydroxyl groups excluding tert-OH is 1. The Balaban J connectivity index is 1.95. The summed E-state index contributed by atoms with van der Waals surface area (Å²) in [5.41, 5.74) is 0.698. The predicted molar refractivity (Wildman–Crippen MR) is 75.4 cm³/mol. The van der Waals surface area contributed by atoms with Crippen LogP contribution in [0.2, 0.25) is 0 Å². The Morgan fingerprint density at radius 3 is 2.58 bits per heavy atom. The van der Waals surface area contributed by atoms with E-state index >= 15 is 0 Å². The van der Waals surface area contributed by atoms with Crippen molar-refractivity contribution in [1.82, 2.24) is 4.90 Å². The maximum atomic E-state index is 13.7. The second-order valence-corrected chi connectivity index (χ2v) is 5.75. The monoisotopic (exact) mass is 265 g/mol. The van der Waals surface area contributed by atoms with Gasteiger partial charge in [-0.15, -0.1) is 0 Å². The number of benzene rings is 1. The minimum absolute atomic E-state index is 0.0164. The van der Waals surface area contributed by atoms with Crippen LogP contribution in [0, 0.1) is 11.7 Å². The molecule has 2 nitrogen and oxygen atoms in total. The quantitative estimate of drug-likeness (QED) is 0.882. The first-order chi connectivity index (χ1) is 9.09. The van der Waals surface area contributed by atoms with E-state index in [1.54, 1.807) is 6.07 Å². The number of aliphatic hydroxyl groups is 1. The Bertz CT molecular complexity index is 403. The van der Waals surface area contributed by atoms with Gasteiger partial charge in [-0.25, -0.2) is 4.39 Å². The van der Waals surface area contributed by atoms with E-state index in [2.05, 4.69) is 0 Å². The zero-order chi connectivity index (χ0) is 13.8. The van der Waals surface area contributed by atoms with Crippen LogP contribution in [0.15, 0.2) is 24.3 Å². The molecular formula is C16H24FNO. The van der Waals surface area contributed by atoms with Crippen molar-refractivity contribution in [3.05, 3.63) is 35.6 Å². The van der Waals surface area contributed by atoms with Gasteiger partial charge in [0.25, 0.3) is 0 Å². The summed E-state index contributed by atoms with van der Waals surface area (Å²) < 4.78 is 13.7. The second-order valence-electron chi connectivity index (χ2n) is 5.75. The van der Waals surface area contributed by atoms with Gasteiger partial charge in [0.1, 0.15) is 5.82 Å². The molecule has 19 heavy (non-hydrogen) atoms. The lowest BCUT2D eigenvalue weighted by molar-refractivity contribution is 0.0620. The average Bonchev–Trinajstić information content (AvgIpc) is 2.92. The highest BCUT2D eigenvalue weighted by atomic mass is 19.1. The molecule has 2 unspecified atom stereocenters. The van der Waals surface area contributed by atoms with Crippen molar-refractivity contribution in [2.24, 2.45) is 5.92 Å². The maximum absolute atomic E-state index is 13.7. The van der Waals surface area contributed by atoms with Crippen LogP contribution in [0.3, 0.4) is 0 Å². The molecule has 0 heterocycles. The SMILES string of the molecule is CC(c1ccccc1F)N(C)CC(O)C1CCCC1. The van der Waals surface area contributed by atoms with Crippen LogP contribution < -0.4 is 0 Å². The number of halogens is 1. The van der Waals surface area contributed by atoms with E-state index in [-0.39, 0.29) is 18.0 Å². The largest absolute Gasteiger partial charge is 0.392 e. The summed E-state index contributed by atoms with van der Waals surface area (Å²) in [5, 5.41) is 10.2. The van der Waals surface area contributed by atoms with Crippen LogP contribution in [0.4, 0.5) is 4.39 Å². The van der Waals surface area contributed by atoms with Gasteiger partial charge in [-0.05, 0) is 38.8 Å². The van der Waals surface area contributed by atoms with E-state index in [1.807, 2.05) is 31.0 Å². The molecule has 1 aliphatic rings. The molecule has 2 rings (SSSR count). The van der Waals surface area contributed by atoms with Crippen molar-refractivity contribution in [2.75, 3.05) is 13.6 Å². The summed E-state index contributed by atoms with van der Waals surface area (Å²) in [5.74, 6) is 0.257. The molecule has 0 spiro atoms. The highest BCUT2D eigenvalue weighted by Crippen LogP contribution is 2.29. The first-order valence-electron chi connectivity index (χ1n) is 7.22. The third-order valence-corrected chi connectivity index (χ3v) is 4.44. The summed E-state index contributed by atoms with van der Waals surface area (Å²) in [6.45, 7) is 2.60. The van der Waals surface area contributed by atoms with E-state index < -0.39 is 0 Å². The van der Waals surface area contributed by atoms with Crippen LogP contribution in [0.25, 0.3) is 0 Å². The van der Waals surface area contributed by atoms with Gasteiger partial charge in [-0.2, -0.15) is 0 Å². The molecule has 2 atom stereocenters. The Hall–Kier alpha value is -0.930. The van der Waals surface area contributed by atoms with Crippen LogP contribution >= 0.6 is 0 Å².